The van der Waals surface area contributed by atoms with E-state index in [4.69, 9.17) is 4.74 Å². The fourth-order valence-electron chi connectivity index (χ4n) is 1.56. The van der Waals surface area contributed by atoms with E-state index in [-0.39, 0.29) is 17.6 Å². The smallest absolute Gasteiger partial charge is 0.154 e. The molecule has 1 heterocycles. The number of benzene rings is 1. The van der Waals surface area contributed by atoms with Crippen LogP contribution in [-0.4, -0.2) is 26.0 Å². The molecule has 1 aromatic rings. The maximum atomic E-state index is 11.2. The molecule has 1 saturated heterocycles. The Kier molecular flexibility index (Phi) is 3.02. The number of rotatable bonds is 2. The van der Waals surface area contributed by atoms with Gasteiger partial charge in [0.1, 0.15) is 11.9 Å². The van der Waals surface area contributed by atoms with Crippen LogP contribution in [0.15, 0.2) is 28.7 Å². The number of hydrogen-bond donors (Lipinski definition) is 0. The molecule has 1 aromatic carbocycles. The van der Waals surface area contributed by atoms with E-state index in [0.29, 0.717) is 6.42 Å². The van der Waals surface area contributed by atoms with Crippen LogP contribution < -0.4 is 4.74 Å². The summed E-state index contributed by atoms with van der Waals surface area (Å²) in [5, 5.41) is 0. The van der Waals surface area contributed by atoms with Crippen LogP contribution in [0.4, 0.5) is 0 Å². The fourth-order valence-corrected chi connectivity index (χ4v) is 3.41. The Bertz CT molecular complexity index is 438. The van der Waals surface area contributed by atoms with Gasteiger partial charge in [-0.05, 0) is 30.7 Å². The highest BCUT2D eigenvalue weighted by Crippen LogP contribution is 2.21. The van der Waals surface area contributed by atoms with Gasteiger partial charge in [0.15, 0.2) is 9.84 Å². The van der Waals surface area contributed by atoms with Crippen molar-refractivity contribution < 1.29 is 13.2 Å². The Morgan fingerprint density at radius 2 is 1.93 bits per heavy atom. The van der Waals surface area contributed by atoms with Crippen molar-refractivity contribution in [1.29, 1.82) is 0 Å². The number of hydrogen-bond acceptors (Lipinski definition) is 3. The zero-order chi connectivity index (χ0) is 10.9. The topological polar surface area (TPSA) is 43.4 Å². The minimum absolute atomic E-state index is 0.142. The van der Waals surface area contributed by atoms with E-state index in [0.717, 1.165) is 10.2 Å². The molecule has 15 heavy (non-hydrogen) atoms. The van der Waals surface area contributed by atoms with Crippen LogP contribution in [0.3, 0.4) is 0 Å². The van der Waals surface area contributed by atoms with Crippen molar-refractivity contribution in [3.8, 4) is 5.75 Å². The third-order valence-corrected chi connectivity index (χ3v) is 4.57. The summed E-state index contributed by atoms with van der Waals surface area (Å²) in [7, 11) is -2.86. The molecule has 1 aliphatic rings. The summed E-state index contributed by atoms with van der Waals surface area (Å²) in [6.07, 6.45) is 0.412. The first-order valence-electron chi connectivity index (χ1n) is 4.68. The first-order valence-corrected chi connectivity index (χ1v) is 7.29. The molecule has 1 aliphatic heterocycles. The van der Waals surface area contributed by atoms with Crippen LogP contribution in [-0.2, 0) is 9.84 Å². The molecule has 0 amide bonds. The number of sulfone groups is 1. The van der Waals surface area contributed by atoms with Crippen molar-refractivity contribution in [3.63, 3.8) is 0 Å². The molecule has 1 atom stereocenters. The minimum atomic E-state index is -2.86. The predicted octanol–water partition coefficient (Wildman–Crippen LogP) is 2.02. The Morgan fingerprint density at radius 1 is 1.27 bits per heavy atom. The van der Waals surface area contributed by atoms with Gasteiger partial charge in [-0.15, -0.1) is 0 Å². The van der Waals surface area contributed by atoms with E-state index < -0.39 is 9.84 Å². The highest BCUT2D eigenvalue weighted by Gasteiger charge is 2.29. The average molecular weight is 291 g/mol. The lowest BCUT2D eigenvalue weighted by atomic mass is 10.3. The lowest BCUT2D eigenvalue weighted by Crippen LogP contribution is -2.17. The molecule has 0 aromatic heterocycles. The number of halogens is 1. The lowest BCUT2D eigenvalue weighted by Gasteiger charge is -2.11. The van der Waals surface area contributed by atoms with Gasteiger partial charge in [-0.3, -0.25) is 0 Å². The van der Waals surface area contributed by atoms with Gasteiger partial charge in [-0.1, -0.05) is 15.9 Å². The maximum absolute atomic E-state index is 11.2. The second-order valence-corrected chi connectivity index (χ2v) is 6.74. The van der Waals surface area contributed by atoms with Gasteiger partial charge >= 0.3 is 0 Å². The summed E-state index contributed by atoms with van der Waals surface area (Å²) in [4.78, 5) is 0. The van der Waals surface area contributed by atoms with Crippen molar-refractivity contribution in [3.05, 3.63) is 28.7 Å². The molecule has 0 unspecified atom stereocenters. The van der Waals surface area contributed by atoms with Crippen LogP contribution in [0.1, 0.15) is 6.42 Å². The molecule has 5 heteroatoms. The highest BCUT2D eigenvalue weighted by molar-refractivity contribution is 9.10. The van der Waals surface area contributed by atoms with Crippen molar-refractivity contribution in [2.45, 2.75) is 12.5 Å². The van der Waals surface area contributed by atoms with E-state index in [1.807, 2.05) is 24.3 Å². The van der Waals surface area contributed by atoms with Crippen molar-refractivity contribution in [2.75, 3.05) is 11.5 Å². The van der Waals surface area contributed by atoms with Crippen LogP contribution in [0.25, 0.3) is 0 Å². The van der Waals surface area contributed by atoms with Gasteiger partial charge < -0.3 is 4.74 Å². The van der Waals surface area contributed by atoms with Gasteiger partial charge in [0, 0.05) is 4.47 Å². The third-order valence-electron chi connectivity index (χ3n) is 2.31. The SMILES string of the molecule is O=S1(=O)CC[C@@H](Oc2ccc(Br)cc2)C1. The Labute approximate surface area is 97.5 Å². The van der Waals surface area contributed by atoms with E-state index in [1.165, 1.54) is 0 Å². The van der Waals surface area contributed by atoms with E-state index >= 15 is 0 Å². The van der Waals surface area contributed by atoms with Gasteiger partial charge in [0.25, 0.3) is 0 Å². The standard InChI is InChI=1S/C10H11BrO3S/c11-8-1-3-9(4-2-8)14-10-5-6-15(12,13)7-10/h1-4,10H,5-7H2/t10-/m1/s1. The molecular weight excluding hydrogens is 280 g/mol. The summed E-state index contributed by atoms with van der Waals surface area (Å²) in [6, 6.07) is 7.40. The van der Waals surface area contributed by atoms with Gasteiger partial charge in [-0.2, -0.15) is 0 Å². The second kappa shape index (κ2) is 4.14. The minimum Gasteiger partial charge on any atom is -0.489 e. The molecule has 82 valence electrons. The van der Waals surface area contributed by atoms with E-state index in [1.54, 1.807) is 0 Å². The lowest BCUT2D eigenvalue weighted by molar-refractivity contribution is 0.229. The summed E-state index contributed by atoms with van der Waals surface area (Å²) in [5.74, 6) is 1.11. The molecule has 0 radical (unpaired) electrons. The van der Waals surface area contributed by atoms with Crippen molar-refractivity contribution >= 4 is 25.8 Å². The summed E-state index contributed by atoms with van der Waals surface area (Å²) in [6.45, 7) is 0. The summed E-state index contributed by atoms with van der Waals surface area (Å²) < 4.78 is 28.9. The Morgan fingerprint density at radius 3 is 2.47 bits per heavy atom. The molecule has 0 aliphatic carbocycles. The normalized spacial score (nSPS) is 23.9. The predicted molar refractivity (Wildman–Crippen MR) is 61.8 cm³/mol. The molecule has 1 fully saturated rings. The third kappa shape index (κ3) is 2.95. The highest BCUT2D eigenvalue weighted by atomic mass is 79.9. The van der Waals surface area contributed by atoms with Crippen LogP contribution in [0.5, 0.6) is 5.75 Å². The van der Waals surface area contributed by atoms with Crippen LogP contribution in [0, 0.1) is 0 Å². The molecule has 0 bridgehead atoms. The number of ether oxygens (including phenoxy) is 1. The molecule has 3 nitrogen and oxygen atoms in total. The fraction of sp³-hybridized carbons (Fsp3) is 0.400. The summed E-state index contributed by atoms with van der Waals surface area (Å²) in [5.41, 5.74) is 0. The zero-order valence-electron chi connectivity index (χ0n) is 8.02. The molecule has 0 N–H and O–H groups in total. The van der Waals surface area contributed by atoms with E-state index in [9.17, 15) is 8.42 Å². The van der Waals surface area contributed by atoms with E-state index in [2.05, 4.69) is 15.9 Å². The first kappa shape index (κ1) is 11.0. The Balaban J connectivity index is 2.02. The molecule has 0 spiro atoms. The zero-order valence-corrected chi connectivity index (χ0v) is 10.4. The van der Waals surface area contributed by atoms with Gasteiger partial charge in [0.05, 0.1) is 11.5 Å². The summed E-state index contributed by atoms with van der Waals surface area (Å²) >= 11 is 3.32. The molecular formula is C10H11BrO3S. The molecule has 0 saturated carbocycles. The second-order valence-electron chi connectivity index (χ2n) is 3.60. The average Bonchev–Trinajstić information content (AvgIpc) is 2.50. The maximum Gasteiger partial charge on any atom is 0.154 e. The molecule has 2 rings (SSSR count). The van der Waals surface area contributed by atoms with Crippen LogP contribution >= 0.6 is 15.9 Å². The van der Waals surface area contributed by atoms with Crippen molar-refractivity contribution in [1.82, 2.24) is 0 Å². The van der Waals surface area contributed by atoms with Gasteiger partial charge in [0.2, 0.25) is 0 Å². The quantitative estimate of drug-likeness (QED) is 0.837. The Hall–Kier alpha value is -0.550. The van der Waals surface area contributed by atoms with Crippen molar-refractivity contribution in [2.24, 2.45) is 0 Å². The largest absolute Gasteiger partial charge is 0.489 e. The monoisotopic (exact) mass is 290 g/mol. The van der Waals surface area contributed by atoms with Crippen LogP contribution in [0.2, 0.25) is 0 Å². The first-order chi connectivity index (χ1) is 7.05. The van der Waals surface area contributed by atoms with Gasteiger partial charge in [-0.25, -0.2) is 8.42 Å².